The van der Waals surface area contributed by atoms with Crippen LogP contribution in [0.2, 0.25) is 0 Å². The van der Waals surface area contributed by atoms with Crippen LogP contribution in [0.15, 0.2) is 18.2 Å². The normalized spacial score (nSPS) is 25.3. The van der Waals surface area contributed by atoms with E-state index in [1.807, 2.05) is 0 Å². The Balaban J connectivity index is 1.84. The quantitative estimate of drug-likeness (QED) is 0.725. The van der Waals surface area contributed by atoms with Crippen molar-refractivity contribution in [2.24, 2.45) is 0 Å². The minimum absolute atomic E-state index is 0.199. The lowest BCUT2D eigenvalue weighted by Crippen LogP contribution is -2.11. The predicted octanol–water partition coefficient (Wildman–Crippen LogP) is 2.36. The highest BCUT2D eigenvalue weighted by Gasteiger charge is 2.28. The van der Waals surface area contributed by atoms with Gasteiger partial charge in [-0.15, -0.1) is 0 Å². The van der Waals surface area contributed by atoms with Crippen molar-refractivity contribution in [3.05, 3.63) is 29.3 Å². The van der Waals surface area contributed by atoms with Gasteiger partial charge in [-0.1, -0.05) is 18.2 Å². The highest BCUT2D eigenvalue weighted by Crippen LogP contribution is 2.31. The van der Waals surface area contributed by atoms with Gasteiger partial charge in [0.15, 0.2) is 0 Å². The zero-order chi connectivity index (χ0) is 12.5. The zero-order valence-corrected chi connectivity index (χ0v) is 11.0. The summed E-state index contributed by atoms with van der Waals surface area (Å²) in [5, 5.41) is 0. The Bertz CT molecular complexity index is 387. The molecule has 3 rings (SSSR count). The Labute approximate surface area is 108 Å². The fourth-order valence-corrected chi connectivity index (χ4v) is 2.21. The second-order valence-electron chi connectivity index (χ2n) is 5.39. The molecule has 0 bridgehead atoms. The van der Waals surface area contributed by atoms with Gasteiger partial charge in [-0.2, -0.15) is 0 Å². The predicted molar refractivity (Wildman–Crippen MR) is 69.1 cm³/mol. The maximum atomic E-state index is 6.02. The van der Waals surface area contributed by atoms with Gasteiger partial charge in [0.05, 0.1) is 31.5 Å². The fraction of sp³-hybridized carbons (Fsp3) is 0.600. The minimum atomic E-state index is 0.199. The van der Waals surface area contributed by atoms with Crippen LogP contribution < -0.4 is 4.74 Å². The molecule has 0 saturated carbocycles. The molecule has 2 fully saturated rings. The third kappa shape index (κ3) is 3.03. The summed E-state index contributed by atoms with van der Waals surface area (Å²) in [7, 11) is 0. The number of hydrogen-bond donors (Lipinski definition) is 0. The van der Waals surface area contributed by atoms with E-state index in [1.165, 1.54) is 11.1 Å². The molecule has 0 aromatic heterocycles. The van der Waals surface area contributed by atoms with Crippen LogP contribution in [0.5, 0.6) is 5.75 Å². The highest BCUT2D eigenvalue weighted by atomic mass is 16.6. The molecule has 0 aliphatic carbocycles. The Hall–Kier alpha value is -1.06. The Kier molecular flexibility index (Phi) is 3.27. The van der Waals surface area contributed by atoms with E-state index >= 15 is 0 Å². The van der Waals surface area contributed by atoms with E-state index in [9.17, 15) is 0 Å². The van der Waals surface area contributed by atoms with Crippen molar-refractivity contribution in [3.63, 3.8) is 0 Å². The summed E-state index contributed by atoms with van der Waals surface area (Å²) in [4.78, 5) is 0. The third-order valence-corrected chi connectivity index (χ3v) is 3.23. The number of epoxide rings is 2. The Morgan fingerprint density at radius 3 is 2.00 bits per heavy atom. The molecular weight excluding hydrogens is 228 g/mol. The van der Waals surface area contributed by atoms with Gasteiger partial charge < -0.3 is 14.2 Å². The monoisotopic (exact) mass is 248 g/mol. The van der Waals surface area contributed by atoms with E-state index in [2.05, 4.69) is 32.0 Å². The minimum Gasteiger partial charge on any atom is -0.490 e. The summed E-state index contributed by atoms with van der Waals surface area (Å²) in [5.41, 5.74) is 2.54. The summed E-state index contributed by atoms with van der Waals surface area (Å²) >= 11 is 0. The lowest BCUT2D eigenvalue weighted by atomic mass is 10.0. The van der Waals surface area contributed by atoms with E-state index in [-0.39, 0.29) is 6.10 Å². The average molecular weight is 248 g/mol. The Morgan fingerprint density at radius 2 is 1.61 bits per heavy atom. The Morgan fingerprint density at radius 1 is 1.11 bits per heavy atom. The second kappa shape index (κ2) is 4.90. The van der Waals surface area contributed by atoms with Crippen LogP contribution in [0.4, 0.5) is 0 Å². The first-order chi connectivity index (χ1) is 8.72. The van der Waals surface area contributed by atoms with Gasteiger partial charge in [0, 0.05) is 12.8 Å². The molecule has 2 aliphatic heterocycles. The van der Waals surface area contributed by atoms with E-state index in [0.29, 0.717) is 12.2 Å². The zero-order valence-electron chi connectivity index (χ0n) is 11.0. The molecule has 2 saturated heterocycles. The largest absolute Gasteiger partial charge is 0.490 e. The van der Waals surface area contributed by atoms with Crippen molar-refractivity contribution in [2.75, 3.05) is 13.2 Å². The van der Waals surface area contributed by atoms with Gasteiger partial charge in [0.25, 0.3) is 0 Å². The lowest BCUT2D eigenvalue weighted by Gasteiger charge is -2.17. The van der Waals surface area contributed by atoms with Gasteiger partial charge in [-0.3, -0.25) is 0 Å². The van der Waals surface area contributed by atoms with Crippen LogP contribution >= 0.6 is 0 Å². The summed E-state index contributed by atoms with van der Waals surface area (Å²) in [5.74, 6) is 1.05. The van der Waals surface area contributed by atoms with Gasteiger partial charge in [0.2, 0.25) is 0 Å². The molecule has 0 spiro atoms. The van der Waals surface area contributed by atoms with E-state index in [1.54, 1.807) is 0 Å². The number of rotatable bonds is 6. The molecule has 1 aromatic rings. The smallest absolute Gasteiger partial charge is 0.126 e. The molecule has 18 heavy (non-hydrogen) atoms. The van der Waals surface area contributed by atoms with Crippen molar-refractivity contribution in [3.8, 4) is 5.75 Å². The van der Waals surface area contributed by atoms with E-state index in [0.717, 1.165) is 31.8 Å². The SMILES string of the molecule is CC(C)Oc1c(CC2CO2)cccc1CC1CO1. The fourth-order valence-electron chi connectivity index (χ4n) is 2.21. The molecule has 98 valence electrons. The third-order valence-electron chi connectivity index (χ3n) is 3.23. The van der Waals surface area contributed by atoms with Crippen molar-refractivity contribution < 1.29 is 14.2 Å². The number of benzene rings is 1. The van der Waals surface area contributed by atoms with Crippen LogP contribution in [0.3, 0.4) is 0 Å². The second-order valence-corrected chi connectivity index (χ2v) is 5.39. The molecule has 0 amide bonds. The van der Waals surface area contributed by atoms with Crippen molar-refractivity contribution >= 4 is 0 Å². The molecule has 0 N–H and O–H groups in total. The number of para-hydroxylation sites is 1. The van der Waals surface area contributed by atoms with Crippen molar-refractivity contribution in [1.82, 2.24) is 0 Å². The molecule has 0 radical (unpaired) electrons. The molecular formula is C15H20O3. The first-order valence-corrected chi connectivity index (χ1v) is 6.73. The molecule has 3 nitrogen and oxygen atoms in total. The van der Waals surface area contributed by atoms with Crippen LogP contribution in [0.25, 0.3) is 0 Å². The van der Waals surface area contributed by atoms with Gasteiger partial charge in [-0.25, -0.2) is 0 Å². The molecule has 2 heterocycles. The number of ether oxygens (including phenoxy) is 3. The van der Waals surface area contributed by atoms with Crippen LogP contribution in [0.1, 0.15) is 25.0 Å². The first-order valence-electron chi connectivity index (χ1n) is 6.73. The molecule has 2 aliphatic rings. The average Bonchev–Trinajstić information content (AvgIpc) is 3.17. The van der Waals surface area contributed by atoms with E-state index < -0.39 is 0 Å². The summed E-state index contributed by atoms with van der Waals surface area (Å²) in [6.45, 7) is 5.91. The van der Waals surface area contributed by atoms with Gasteiger partial charge >= 0.3 is 0 Å². The van der Waals surface area contributed by atoms with Crippen LogP contribution in [0, 0.1) is 0 Å². The molecule has 2 atom stereocenters. The molecule has 1 aromatic carbocycles. The van der Waals surface area contributed by atoms with Gasteiger partial charge in [0.1, 0.15) is 5.75 Å². The van der Waals surface area contributed by atoms with E-state index in [4.69, 9.17) is 14.2 Å². The van der Waals surface area contributed by atoms with Crippen molar-refractivity contribution in [1.29, 1.82) is 0 Å². The summed E-state index contributed by atoms with van der Waals surface area (Å²) in [6.07, 6.45) is 2.91. The molecule has 2 unspecified atom stereocenters. The molecule has 3 heteroatoms. The lowest BCUT2D eigenvalue weighted by molar-refractivity contribution is 0.236. The number of hydrogen-bond acceptors (Lipinski definition) is 3. The van der Waals surface area contributed by atoms with Gasteiger partial charge in [-0.05, 0) is 25.0 Å². The maximum absolute atomic E-state index is 6.02. The summed E-state index contributed by atoms with van der Waals surface area (Å²) < 4.78 is 16.7. The van der Waals surface area contributed by atoms with Crippen LogP contribution in [-0.4, -0.2) is 31.5 Å². The van der Waals surface area contributed by atoms with Crippen molar-refractivity contribution in [2.45, 2.75) is 45.0 Å². The highest BCUT2D eigenvalue weighted by molar-refractivity contribution is 5.43. The van der Waals surface area contributed by atoms with Crippen LogP contribution in [-0.2, 0) is 22.3 Å². The standard InChI is InChI=1S/C15H20O3/c1-10(2)18-15-11(6-13-8-16-13)4-3-5-12(15)7-14-9-17-14/h3-5,10,13-14H,6-9H2,1-2H3. The maximum Gasteiger partial charge on any atom is 0.126 e. The first kappa shape index (κ1) is 12.0. The summed E-state index contributed by atoms with van der Waals surface area (Å²) in [6, 6.07) is 6.41. The topological polar surface area (TPSA) is 34.3 Å².